The molecule has 0 bridgehead atoms. The molecule has 3 aromatic rings. The number of amides is 2. The fourth-order valence-corrected chi connectivity index (χ4v) is 3.48. The first-order valence-electron chi connectivity index (χ1n) is 9.58. The van der Waals surface area contributed by atoms with Crippen LogP contribution in [0.1, 0.15) is 27.6 Å². The highest BCUT2D eigenvalue weighted by Gasteiger charge is 2.15. The van der Waals surface area contributed by atoms with Gasteiger partial charge in [-0.1, -0.05) is 35.3 Å². The summed E-state index contributed by atoms with van der Waals surface area (Å²) in [7, 11) is 0. The summed E-state index contributed by atoms with van der Waals surface area (Å²) in [5, 5.41) is 8.89. The molecular weight excluding hydrogens is 469 g/mol. The molecule has 0 aliphatic carbocycles. The number of thiocarbonyl (C=S) groups is 1. The number of nitrogens with one attached hydrogen (secondary N) is 3. The number of rotatable bonds is 6. The Morgan fingerprint density at radius 2 is 1.62 bits per heavy atom. The molecule has 0 heterocycles. The molecule has 0 aliphatic heterocycles. The second-order valence-corrected chi connectivity index (χ2v) is 7.74. The molecule has 9 heteroatoms. The minimum atomic E-state index is -0.500. The predicted molar refractivity (Wildman–Crippen MR) is 132 cm³/mol. The lowest BCUT2D eigenvalue weighted by molar-refractivity contribution is 0.0976. The van der Waals surface area contributed by atoms with Gasteiger partial charge >= 0.3 is 0 Å². The largest absolute Gasteiger partial charge is 0.494 e. The number of anilines is 2. The molecule has 0 saturated carbocycles. The summed E-state index contributed by atoms with van der Waals surface area (Å²) in [5.74, 6) is -0.123. The fourth-order valence-electron chi connectivity index (χ4n) is 2.79. The van der Waals surface area contributed by atoms with Crippen molar-refractivity contribution in [3.05, 3.63) is 87.9 Å². The van der Waals surface area contributed by atoms with E-state index in [1.54, 1.807) is 54.6 Å². The van der Waals surface area contributed by atoms with Gasteiger partial charge in [0.2, 0.25) is 0 Å². The number of carbonyl (C=O) groups excluding carboxylic acids is 2. The van der Waals surface area contributed by atoms with Crippen molar-refractivity contribution in [3.8, 4) is 5.75 Å². The standard InChI is InChI=1S/C23H19Cl2N3O3S/c1-2-31-16-10-8-15(9-11-16)26-22(30)18-5-3-4-6-20(18)27-23(32)28-21(29)17-12-7-14(24)13-19(17)25/h3-13H,2H2,1H3,(H,26,30)(H2,27,28,29,32). The van der Waals surface area contributed by atoms with E-state index in [1.165, 1.54) is 12.1 Å². The Bertz CT molecular complexity index is 1150. The first-order valence-corrected chi connectivity index (χ1v) is 10.7. The van der Waals surface area contributed by atoms with E-state index >= 15 is 0 Å². The Morgan fingerprint density at radius 3 is 2.31 bits per heavy atom. The van der Waals surface area contributed by atoms with Crippen molar-refractivity contribution in [1.29, 1.82) is 0 Å². The van der Waals surface area contributed by atoms with Gasteiger partial charge < -0.3 is 15.4 Å². The van der Waals surface area contributed by atoms with Crippen LogP contribution in [0.25, 0.3) is 0 Å². The maximum Gasteiger partial charge on any atom is 0.258 e. The van der Waals surface area contributed by atoms with E-state index in [2.05, 4.69) is 16.0 Å². The van der Waals surface area contributed by atoms with Gasteiger partial charge in [-0.05, 0) is 73.7 Å². The molecule has 164 valence electrons. The van der Waals surface area contributed by atoms with Gasteiger partial charge in [0.05, 0.1) is 28.4 Å². The van der Waals surface area contributed by atoms with E-state index in [1.807, 2.05) is 6.92 Å². The summed E-state index contributed by atoms with van der Waals surface area (Å²) in [6.45, 7) is 2.46. The molecule has 32 heavy (non-hydrogen) atoms. The van der Waals surface area contributed by atoms with Gasteiger partial charge in [-0.25, -0.2) is 0 Å². The van der Waals surface area contributed by atoms with Crippen LogP contribution in [0, 0.1) is 0 Å². The maximum atomic E-state index is 12.8. The van der Waals surface area contributed by atoms with Crippen LogP contribution in [0.5, 0.6) is 5.75 Å². The molecule has 0 aromatic heterocycles. The highest BCUT2D eigenvalue weighted by atomic mass is 35.5. The van der Waals surface area contributed by atoms with Crippen molar-refractivity contribution in [1.82, 2.24) is 5.32 Å². The molecule has 3 rings (SSSR count). The van der Waals surface area contributed by atoms with Crippen LogP contribution in [0.3, 0.4) is 0 Å². The minimum Gasteiger partial charge on any atom is -0.494 e. The summed E-state index contributed by atoms with van der Waals surface area (Å²) in [6, 6.07) is 18.4. The molecule has 3 N–H and O–H groups in total. The second kappa shape index (κ2) is 10.9. The molecule has 0 spiro atoms. The van der Waals surface area contributed by atoms with Crippen molar-refractivity contribution in [2.75, 3.05) is 17.2 Å². The third-order valence-electron chi connectivity index (χ3n) is 4.25. The maximum absolute atomic E-state index is 12.8. The Labute approximate surface area is 200 Å². The highest BCUT2D eigenvalue weighted by molar-refractivity contribution is 7.80. The molecule has 2 amide bonds. The van der Waals surface area contributed by atoms with Crippen LogP contribution in [-0.2, 0) is 0 Å². The summed E-state index contributed by atoms with van der Waals surface area (Å²) >= 11 is 17.2. The van der Waals surface area contributed by atoms with Crippen molar-refractivity contribution in [3.63, 3.8) is 0 Å². The molecule has 0 radical (unpaired) electrons. The van der Waals surface area contributed by atoms with Crippen molar-refractivity contribution >= 4 is 63.7 Å². The van der Waals surface area contributed by atoms with Gasteiger partial charge in [0, 0.05) is 10.7 Å². The van der Waals surface area contributed by atoms with Crippen molar-refractivity contribution < 1.29 is 14.3 Å². The average molecular weight is 488 g/mol. The highest BCUT2D eigenvalue weighted by Crippen LogP contribution is 2.22. The Hall–Kier alpha value is -3.13. The smallest absolute Gasteiger partial charge is 0.258 e. The lowest BCUT2D eigenvalue weighted by atomic mass is 10.1. The molecule has 3 aromatic carbocycles. The summed E-state index contributed by atoms with van der Waals surface area (Å²) in [4.78, 5) is 25.3. The van der Waals surface area contributed by atoms with Gasteiger partial charge in [-0.3, -0.25) is 14.9 Å². The van der Waals surface area contributed by atoms with Gasteiger partial charge in [-0.2, -0.15) is 0 Å². The van der Waals surface area contributed by atoms with Crippen LogP contribution in [0.15, 0.2) is 66.7 Å². The molecule has 0 unspecified atom stereocenters. The SMILES string of the molecule is CCOc1ccc(NC(=O)c2ccccc2NC(=S)NC(=O)c2ccc(Cl)cc2Cl)cc1. The Morgan fingerprint density at radius 1 is 0.906 bits per heavy atom. The zero-order valence-electron chi connectivity index (χ0n) is 16.9. The van der Waals surface area contributed by atoms with E-state index in [4.69, 9.17) is 40.2 Å². The third-order valence-corrected chi connectivity index (χ3v) is 5.00. The van der Waals surface area contributed by atoms with E-state index < -0.39 is 5.91 Å². The molecule has 0 saturated heterocycles. The zero-order chi connectivity index (χ0) is 23.1. The number of halogens is 2. The van der Waals surface area contributed by atoms with Gasteiger partial charge in [-0.15, -0.1) is 0 Å². The summed E-state index contributed by atoms with van der Waals surface area (Å²) in [6.07, 6.45) is 0. The van der Waals surface area contributed by atoms with Crippen molar-refractivity contribution in [2.24, 2.45) is 0 Å². The summed E-state index contributed by atoms with van der Waals surface area (Å²) in [5.41, 5.74) is 1.62. The number of benzene rings is 3. The van der Waals surface area contributed by atoms with Crippen LogP contribution in [0.4, 0.5) is 11.4 Å². The van der Waals surface area contributed by atoms with Crippen molar-refractivity contribution in [2.45, 2.75) is 6.92 Å². The normalized spacial score (nSPS) is 10.2. The van der Waals surface area contributed by atoms with E-state index in [9.17, 15) is 9.59 Å². The van der Waals surface area contributed by atoms with Gasteiger partial charge in [0.25, 0.3) is 11.8 Å². The number of ether oxygens (including phenoxy) is 1. The second-order valence-electron chi connectivity index (χ2n) is 6.49. The zero-order valence-corrected chi connectivity index (χ0v) is 19.3. The van der Waals surface area contributed by atoms with Crippen LogP contribution >= 0.6 is 35.4 Å². The van der Waals surface area contributed by atoms with Crippen LogP contribution in [0.2, 0.25) is 10.0 Å². The first kappa shape index (κ1) is 23.5. The Balaban J connectivity index is 1.68. The van der Waals surface area contributed by atoms with E-state index in [-0.39, 0.29) is 21.6 Å². The lowest BCUT2D eigenvalue weighted by Crippen LogP contribution is -2.34. The monoisotopic (exact) mass is 487 g/mol. The average Bonchev–Trinajstić information content (AvgIpc) is 2.75. The number of hydrogen-bond donors (Lipinski definition) is 3. The predicted octanol–water partition coefficient (Wildman–Crippen LogP) is 5.77. The van der Waals surface area contributed by atoms with Gasteiger partial charge in [0.15, 0.2) is 5.11 Å². The van der Waals surface area contributed by atoms with E-state index in [0.29, 0.717) is 28.6 Å². The molecule has 0 fully saturated rings. The molecule has 6 nitrogen and oxygen atoms in total. The fraction of sp³-hybridized carbons (Fsp3) is 0.0870. The lowest BCUT2D eigenvalue weighted by Gasteiger charge is -2.14. The summed E-state index contributed by atoms with van der Waals surface area (Å²) < 4.78 is 5.40. The van der Waals surface area contributed by atoms with Gasteiger partial charge in [0.1, 0.15) is 5.75 Å². The first-order chi connectivity index (χ1) is 15.4. The topological polar surface area (TPSA) is 79.5 Å². The number of para-hydroxylation sites is 1. The number of hydrogen-bond acceptors (Lipinski definition) is 4. The quantitative estimate of drug-likeness (QED) is 0.384. The molecule has 0 atom stereocenters. The van der Waals surface area contributed by atoms with Crippen LogP contribution < -0.4 is 20.7 Å². The van der Waals surface area contributed by atoms with Crippen LogP contribution in [-0.4, -0.2) is 23.5 Å². The molecular formula is C23H19Cl2N3O3S. The molecule has 0 aliphatic rings. The minimum absolute atomic E-state index is 0.0160. The Kier molecular flexibility index (Phi) is 8.05. The van der Waals surface area contributed by atoms with E-state index in [0.717, 1.165) is 5.75 Å². The number of carbonyl (C=O) groups is 2. The third kappa shape index (κ3) is 6.20.